The second kappa shape index (κ2) is 13.7. The van der Waals surface area contributed by atoms with E-state index in [1.165, 1.54) is 44.6 Å². The summed E-state index contributed by atoms with van der Waals surface area (Å²) < 4.78 is 10.8. The number of pyridine rings is 1. The van der Waals surface area contributed by atoms with Crippen LogP contribution in [0.4, 0.5) is 0 Å². The molecule has 0 saturated carbocycles. The van der Waals surface area contributed by atoms with Crippen LogP contribution in [0.2, 0.25) is 0 Å². The van der Waals surface area contributed by atoms with Gasteiger partial charge in [0.25, 0.3) is 0 Å². The molecule has 0 amide bonds. The molecule has 0 saturated heterocycles. The molecule has 0 unspecified atom stereocenters. The maximum atomic E-state index is 6.53. The van der Waals surface area contributed by atoms with Gasteiger partial charge in [-0.3, -0.25) is 4.68 Å². The van der Waals surface area contributed by atoms with Crippen LogP contribution < -0.4 is 4.74 Å². The first-order valence-electron chi connectivity index (χ1n) is 17.2. The van der Waals surface area contributed by atoms with Gasteiger partial charge in [-0.15, -0.1) is 35.7 Å². The van der Waals surface area contributed by atoms with E-state index in [0.717, 1.165) is 44.6 Å². The number of fused-ring (bicyclic) bond motifs is 3. The van der Waals surface area contributed by atoms with Gasteiger partial charge in [0.05, 0.1) is 11.4 Å². The van der Waals surface area contributed by atoms with Crippen LogP contribution in [0, 0.1) is 53.7 Å². The van der Waals surface area contributed by atoms with E-state index in [1.54, 1.807) is 0 Å². The van der Waals surface area contributed by atoms with Crippen molar-refractivity contribution in [3.05, 3.63) is 130 Å². The molecule has 0 spiro atoms. The molecule has 0 atom stereocenters. The first-order valence-corrected chi connectivity index (χ1v) is 17.2. The average Bonchev–Trinajstić information content (AvgIpc) is 3.64. The van der Waals surface area contributed by atoms with E-state index in [9.17, 15) is 0 Å². The smallest absolute Gasteiger partial charge is 0.509 e. The number of hydrogen-bond acceptors (Lipinski definition) is 3. The van der Waals surface area contributed by atoms with Crippen LogP contribution in [0.25, 0.3) is 44.4 Å². The molecule has 7 rings (SSSR count). The third-order valence-corrected chi connectivity index (χ3v) is 10.2. The Bertz CT molecular complexity index is 2370. The third kappa shape index (κ3) is 5.90. The Labute approximate surface area is 310 Å². The zero-order valence-electron chi connectivity index (χ0n) is 30.6. The number of aromatic nitrogens is 4. The topological polar surface area (TPSA) is 44.9 Å². The predicted octanol–water partition coefficient (Wildman–Crippen LogP) is 11.5. The van der Waals surface area contributed by atoms with Gasteiger partial charge >= 0.3 is 21.1 Å². The summed E-state index contributed by atoms with van der Waals surface area (Å²) in [4.78, 5) is 4.72. The zero-order chi connectivity index (χ0) is 34.7. The maximum absolute atomic E-state index is 6.53. The van der Waals surface area contributed by atoms with Crippen molar-refractivity contribution in [2.24, 2.45) is 0 Å². The van der Waals surface area contributed by atoms with Crippen molar-refractivity contribution < 1.29 is 25.8 Å². The molecule has 0 bridgehead atoms. The minimum absolute atomic E-state index is 0. The van der Waals surface area contributed by atoms with E-state index in [4.69, 9.17) is 14.8 Å². The van der Waals surface area contributed by atoms with E-state index in [2.05, 4.69) is 133 Å². The van der Waals surface area contributed by atoms with Crippen LogP contribution in [-0.4, -0.2) is 19.3 Å². The summed E-state index contributed by atoms with van der Waals surface area (Å²) in [6, 6.07) is 29.8. The summed E-state index contributed by atoms with van der Waals surface area (Å²) in [5, 5.41) is 7.57. The molecule has 3 aromatic heterocycles. The van der Waals surface area contributed by atoms with E-state index >= 15 is 0 Å². The molecule has 0 aliphatic rings. The van der Waals surface area contributed by atoms with Gasteiger partial charge in [-0.1, -0.05) is 51.4 Å². The molecule has 4 aromatic carbocycles. The standard InChI is InChI=1S/C44H44N4O.Pt/c1-25(2)43-42(41-31(9)29(7)28(6)30(8)32(41)10)44(26(3)4)48(46-43)33-14-13-15-34(23-33)49-35-18-19-37-36-16-11-12-17-38(36)47(39(37)24-35)40-22-27(5)20-21-45-40;/h11-22,25-26H,1-10H3;/q-2;+2. The van der Waals surface area contributed by atoms with Crippen molar-refractivity contribution in [2.75, 3.05) is 0 Å². The molecular formula is C44H44N4OPt. The molecule has 5 nitrogen and oxygen atoms in total. The minimum Gasteiger partial charge on any atom is -0.509 e. The Morgan fingerprint density at radius 2 is 1.34 bits per heavy atom. The first-order chi connectivity index (χ1) is 23.5. The number of para-hydroxylation sites is 1. The van der Waals surface area contributed by atoms with Gasteiger partial charge in [-0.25, -0.2) is 4.98 Å². The summed E-state index contributed by atoms with van der Waals surface area (Å²) in [7, 11) is 0. The number of hydrogen-bond donors (Lipinski definition) is 0. The molecule has 0 radical (unpaired) electrons. The van der Waals surface area contributed by atoms with Gasteiger partial charge in [0, 0.05) is 28.8 Å². The zero-order valence-corrected chi connectivity index (χ0v) is 32.9. The van der Waals surface area contributed by atoms with Gasteiger partial charge in [0.2, 0.25) is 0 Å². The normalized spacial score (nSPS) is 11.6. The van der Waals surface area contributed by atoms with Crippen LogP contribution in [0.3, 0.4) is 0 Å². The monoisotopic (exact) mass is 839 g/mol. The summed E-state index contributed by atoms with van der Waals surface area (Å²) in [5.74, 6) is 2.54. The number of rotatable bonds is 7. The van der Waals surface area contributed by atoms with Crippen molar-refractivity contribution in [1.82, 2.24) is 19.3 Å². The van der Waals surface area contributed by atoms with E-state index < -0.39 is 0 Å². The van der Waals surface area contributed by atoms with E-state index in [0.29, 0.717) is 11.5 Å². The fourth-order valence-electron chi connectivity index (χ4n) is 7.25. The Morgan fingerprint density at radius 1 is 0.660 bits per heavy atom. The Balaban J connectivity index is 0.00000432. The van der Waals surface area contributed by atoms with Crippen molar-refractivity contribution in [2.45, 2.75) is 81.1 Å². The van der Waals surface area contributed by atoms with Crippen LogP contribution in [0.5, 0.6) is 11.5 Å². The summed E-state index contributed by atoms with van der Waals surface area (Å²) in [6.07, 6.45) is 1.85. The van der Waals surface area contributed by atoms with Crippen molar-refractivity contribution >= 4 is 21.8 Å². The Morgan fingerprint density at radius 3 is 2.02 bits per heavy atom. The van der Waals surface area contributed by atoms with Crippen molar-refractivity contribution in [3.63, 3.8) is 0 Å². The molecule has 256 valence electrons. The summed E-state index contributed by atoms with van der Waals surface area (Å²) in [6.45, 7) is 22.3. The summed E-state index contributed by atoms with van der Waals surface area (Å²) >= 11 is 0. The second-order valence-corrected chi connectivity index (χ2v) is 14.0. The largest absolute Gasteiger partial charge is 2.00 e. The number of benzene rings is 4. The molecule has 3 heterocycles. The quantitative estimate of drug-likeness (QED) is 0.150. The van der Waals surface area contributed by atoms with Gasteiger partial charge in [-0.2, -0.15) is 17.2 Å². The molecule has 0 aliphatic carbocycles. The van der Waals surface area contributed by atoms with Gasteiger partial charge in [-0.05, 0) is 122 Å². The molecule has 0 aliphatic heterocycles. The Hall–Kier alpha value is -4.47. The predicted molar refractivity (Wildman–Crippen MR) is 202 cm³/mol. The molecule has 0 N–H and O–H groups in total. The number of aryl methyl sites for hydroxylation is 1. The molecule has 6 heteroatoms. The van der Waals surface area contributed by atoms with Gasteiger partial charge < -0.3 is 9.30 Å². The minimum atomic E-state index is 0. The van der Waals surface area contributed by atoms with E-state index in [1.807, 2.05) is 30.5 Å². The second-order valence-electron chi connectivity index (χ2n) is 14.0. The van der Waals surface area contributed by atoms with E-state index in [-0.39, 0.29) is 32.9 Å². The molecule has 7 aromatic rings. The third-order valence-electron chi connectivity index (χ3n) is 10.2. The molecule has 50 heavy (non-hydrogen) atoms. The van der Waals surface area contributed by atoms with Crippen LogP contribution in [0.1, 0.15) is 84.3 Å². The Kier molecular flexibility index (Phi) is 9.67. The SMILES string of the molecule is Cc1ccnc(-n2c3[c-]c(Oc4[c-]c(-n5nc(C(C)C)c(-c6c(C)c(C)c(C)c(C)c6C)c5C(C)C)ccc4)ccc3c3ccccc32)c1.[Pt+2]. The van der Waals surface area contributed by atoms with Crippen LogP contribution in [-0.2, 0) is 21.1 Å². The van der Waals surface area contributed by atoms with Crippen LogP contribution in [0.15, 0.2) is 72.9 Å². The van der Waals surface area contributed by atoms with Crippen LogP contribution >= 0.6 is 0 Å². The number of ether oxygens (including phenoxy) is 1. The molecular weight excluding hydrogens is 796 g/mol. The number of nitrogens with zero attached hydrogens (tertiary/aromatic N) is 4. The van der Waals surface area contributed by atoms with Crippen molar-refractivity contribution in [3.8, 4) is 34.1 Å². The molecule has 0 fully saturated rings. The summed E-state index contributed by atoms with van der Waals surface area (Å²) in [5.41, 5.74) is 15.6. The van der Waals surface area contributed by atoms with Gasteiger partial charge in [0.1, 0.15) is 5.82 Å². The fourth-order valence-corrected chi connectivity index (χ4v) is 7.25. The fraction of sp³-hybridized carbons (Fsp3) is 0.273. The van der Waals surface area contributed by atoms with Gasteiger partial charge in [0.15, 0.2) is 0 Å². The van der Waals surface area contributed by atoms with Crippen molar-refractivity contribution in [1.29, 1.82) is 0 Å². The average molecular weight is 840 g/mol. The first kappa shape index (κ1) is 35.4. The maximum Gasteiger partial charge on any atom is 2.00 e.